The molecule has 1 radical (unpaired) electrons. The number of fused-ring (bicyclic) bond motifs is 3. The van der Waals surface area contributed by atoms with Gasteiger partial charge in [-0.05, 0) is 11.4 Å². The summed E-state index contributed by atoms with van der Waals surface area (Å²) in [5.74, 6) is 0.598. The molecule has 0 N–H and O–H groups in total. The van der Waals surface area contributed by atoms with Crippen LogP contribution in [0.15, 0.2) is 17.6 Å². The number of nitrogens with zero attached hydrogens (tertiary/aromatic N) is 4. The Labute approximate surface area is 71.5 Å². The molecule has 12 heavy (non-hydrogen) atoms. The largest absolute Gasteiger partial charge is 0.255 e. The predicted molar refractivity (Wildman–Crippen MR) is 45.0 cm³/mol. The molecular formula is C7H3N4S. The molecule has 57 valence electrons. The lowest BCUT2D eigenvalue weighted by Gasteiger charge is -1.90. The lowest BCUT2D eigenvalue weighted by molar-refractivity contribution is 1.09. The molecule has 3 aromatic heterocycles. The van der Waals surface area contributed by atoms with Crippen molar-refractivity contribution in [1.29, 1.82) is 0 Å². The quantitative estimate of drug-likeness (QED) is 0.514. The highest BCUT2D eigenvalue weighted by molar-refractivity contribution is 7.17. The van der Waals surface area contributed by atoms with E-state index in [1.165, 1.54) is 0 Å². The highest BCUT2D eigenvalue weighted by Crippen LogP contribution is 2.19. The maximum absolute atomic E-state index is 4.11. The van der Waals surface area contributed by atoms with Gasteiger partial charge in [-0.2, -0.15) is 0 Å². The molecule has 3 rings (SSSR count). The summed E-state index contributed by atoms with van der Waals surface area (Å²) in [5.41, 5.74) is 1.06. The number of rotatable bonds is 0. The highest BCUT2D eigenvalue weighted by atomic mass is 32.1. The SMILES string of the molecule is [c]1nnc2ncc3sccc3n12. The molecule has 0 unspecified atom stereocenters. The van der Waals surface area contributed by atoms with Crippen molar-refractivity contribution in [3.63, 3.8) is 0 Å². The second-order valence-electron chi connectivity index (χ2n) is 2.36. The minimum atomic E-state index is 0.598. The monoisotopic (exact) mass is 175 g/mol. The summed E-state index contributed by atoms with van der Waals surface area (Å²) in [4.78, 5) is 4.11. The van der Waals surface area contributed by atoms with Crippen LogP contribution in [0.3, 0.4) is 0 Å². The van der Waals surface area contributed by atoms with Crippen molar-refractivity contribution in [3.05, 3.63) is 24.0 Å². The van der Waals surface area contributed by atoms with E-state index in [0.717, 1.165) is 10.2 Å². The second kappa shape index (κ2) is 2.01. The summed E-state index contributed by atoms with van der Waals surface area (Å²) in [6.07, 6.45) is 4.55. The van der Waals surface area contributed by atoms with Crippen molar-refractivity contribution in [2.45, 2.75) is 0 Å². The minimum Gasteiger partial charge on any atom is -0.255 e. The molecule has 4 nitrogen and oxygen atoms in total. The van der Waals surface area contributed by atoms with Crippen LogP contribution in [0.25, 0.3) is 16.0 Å². The van der Waals surface area contributed by atoms with Gasteiger partial charge in [0.1, 0.15) is 0 Å². The fourth-order valence-electron chi connectivity index (χ4n) is 1.16. The van der Waals surface area contributed by atoms with Crippen LogP contribution in [0.2, 0.25) is 0 Å². The van der Waals surface area contributed by atoms with Gasteiger partial charge in [-0.3, -0.25) is 4.40 Å². The Balaban J connectivity index is 2.71. The molecule has 5 heteroatoms. The Morgan fingerprint density at radius 1 is 1.50 bits per heavy atom. The average Bonchev–Trinajstić information content (AvgIpc) is 2.71. The number of hydrogen-bond donors (Lipinski definition) is 0. The van der Waals surface area contributed by atoms with E-state index in [-0.39, 0.29) is 0 Å². The van der Waals surface area contributed by atoms with E-state index in [1.807, 2.05) is 11.4 Å². The predicted octanol–water partition coefficient (Wildman–Crippen LogP) is 1.14. The van der Waals surface area contributed by atoms with Crippen molar-refractivity contribution in [2.24, 2.45) is 0 Å². The van der Waals surface area contributed by atoms with E-state index in [4.69, 9.17) is 0 Å². The van der Waals surface area contributed by atoms with E-state index in [0.29, 0.717) is 5.78 Å². The van der Waals surface area contributed by atoms with Crippen molar-refractivity contribution in [2.75, 3.05) is 0 Å². The zero-order valence-electron chi connectivity index (χ0n) is 5.93. The molecule has 0 amide bonds. The topological polar surface area (TPSA) is 43.1 Å². The van der Waals surface area contributed by atoms with Gasteiger partial charge in [0, 0.05) is 0 Å². The first-order chi connectivity index (χ1) is 5.95. The van der Waals surface area contributed by atoms with Crippen molar-refractivity contribution in [1.82, 2.24) is 19.6 Å². The molecule has 3 heterocycles. The van der Waals surface area contributed by atoms with Crippen LogP contribution < -0.4 is 0 Å². The van der Waals surface area contributed by atoms with Gasteiger partial charge in [-0.15, -0.1) is 21.5 Å². The number of aromatic nitrogens is 4. The summed E-state index contributed by atoms with van der Waals surface area (Å²) >= 11 is 1.65. The first-order valence-corrected chi connectivity index (χ1v) is 4.28. The van der Waals surface area contributed by atoms with E-state index in [2.05, 4.69) is 21.5 Å². The molecule has 0 aliphatic carbocycles. The second-order valence-corrected chi connectivity index (χ2v) is 3.31. The molecule has 3 aromatic rings. The van der Waals surface area contributed by atoms with Crippen LogP contribution in [0.4, 0.5) is 0 Å². The van der Waals surface area contributed by atoms with Gasteiger partial charge in [0.25, 0.3) is 5.78 Å². The van der Waals surface area contributed by atoms with Crippen molar-refractivity contribution in [3.8, 4) is 0 Å². The van der Waals surface area contributed by atoms with Crippen LogP contribution in [-0.4, -0.2) is 19.6 Å². The molecule has 0 atom stereocenters. The normalized spacial score (nSPS) is 11.3. The lowest BCUT2D eigenvalue weighted by atomic mass is 10.5. The van der Waals surface area contributed by atoms with Gasteiger partial charge >= 0.3 is 0 Å². The fourth-order valence-corrected chi connectivity index (χ4v) is 1.90. The van der Waals surface area contributed by atoms with Crippen LogP contribution >= 0.6 is 11.3 Å². The first-order valence-electron chi connectivity index (χ1n) is 3.40. The van der Waals surface area contributed by atoms with Gasteiger partial charge in [0.15, 0.2) is 0 Å². The Hall–Kier alpha value is -1.49. The van der Waals surface area contributed by atoms with Gasteiger partial charge in [-0.25, -0.2) is 4.98 Å². The zero-order valence-corrected chi connectivity index (χ0v) is 6.75. The minimum absolute atomic E-state index is 0.598. The van der Waals surface area contributed by atoms with Crippen LogP contribution in [0.1, 0.15) is 0 Å². The number of thiophene rings is 1. The van der Waals surface area contributed by atoms with E-state index >= 15 is 0 Å². The lowest BCUT2D eigenvalue weighted by Crippen LogP contribution is -1.86. The molecular weight excluding hydrogens is 172 g/mol. The van der Waals surface area contributed by atoms with Crippen molar-refractivity contribution < 1.29 is 0 Å². The molecule has 0 aliphatic rings. The Kier molecular flexibility index (Phi) is 1.02. The molecule has 0 spiro atoms. The molecule has 0 fully saturated rings. The van der Waals surface area contributed by atoms with Gasteiger partial charge in [0.2, 0.25) is 6.33 Å². The summed E-state index contributed by atoms with van der Waals surface area (Å²) in [6, 6.07) is 2.01. The van der Waals surface area contributed by atoms with E-state index in [1.54, 1.807) is 21.9 Å². The zero-order chi connectivity index (χ0) is 7.97. The van der Waals surface area contributed by atoms with E-state index < -0.39 is 0 Å². The highest BCUT2D eigenvalue weighted by Gasteiger charge is 2.02. The third-order valence-corrected chi connectivity index (χ3v) is 2.54. The molecule has 0 saturated heterocycles. The molecule has 0 aliphatic heterocycles. The van der Waals surface area contributed by atoms with Crippen molar-refractivity contribution >= 4 is 27.3 Å². The first kappa shape index (κ1) is 6.07. The van der Waals surface area contributed by atoms with E-state index in [9.17, 15) is 0 Å². The van der Waals surface area contributed by atoms with Crippen LogP contribution in [0.5, 0.6) is 0 Å². The Morgan fingerprint density at radius 2 is 2.50 bits per heavy atom. The Morgan fingerprint density at radius 3 is 3.50 bits per heavy atom. The summed E-state index contributed by atoms with van der Waals surface area (Å²) in [6.45, 7) is 0. The van der Waals surface area contributed by atoms with Crippen LogP contribution in [0, 0.1) is 6.33 Å². The third kappa shape index (κ3) is 0.634. The maximum Gasteiger partial charge on any atom is 0.255 e. The fraction of sp³-hybridized carbons (Fsp3) is 0. The smallest absolute Gasteiger partial charge is 0.255 e. The van der Waals surface area contributed by atoms with Crippen LogP contribution in [-0.2, 0) is 0 Å². The standard InChI is InChI=1S/C7H3N4S/c1-2-12-6-3-8-7-10-9-4-11(7)5(1)6/h1-3H. The summed E-state index contributed by atoms with van der Waals surface area (Å²) in [7, 11) is 0. The van der Waals surface area contributed by atoms with Gasteiger partial charge in [-0.1, -0.05) is 0 Å². The Bertz CT molecular complexity index is 489. The molecule has 0 aromatic carbocycles. The molecule has 0 saturated carbocycles. The summed E-state index contributed by atoms with van der Waals surface area (Å²) in [5, 5.41) is 9.47. The van der Waals surface area contributed by atoms with Gasteiger partial charge < -0.3 is 0 Å². The average molecular weight is 175 g/mol. The summed E-state index contributed by atoms with van der Waals surface area (Å²) < 4.78 is 2.88. The maximum atomic E-state index is 4.11. The number of hydrogen-bond acceptors (Lipinski definition) is 4. The third-order valence-electron chi connectivity index (χ3n) is 1.70. The molecule has 0 bridgehead atoms. The van der Waals surface area contributed by atoms with Gasteiger partial charge in [0.05, 0.1) is 16.4 Å².